The Morgan fingerprint density at radius 3 is 2.86 bits per heavy atom. The number of nitrogens with zero attached hydrogens (tertiary/aromatic N) is 2. The van der Waals surface area contributed by atoms with E-state index in [1.165, 1.54) is 18.3 Å². The van der Waals surface area contributed by atoms with Crippen molar-refractivity contribution in [3.63, 3.8) is 0 Å². The van der Waals surface area contributed by atoms with Crippen LogP contribution in [0.4, 0.5) is 0 Å². The number of amides is 1. The van der Waals surface area contributed by atoms with Gasteiger partial charge in [0.1, 0.15) is 12.1 Å². The van der Waals surface area contributed by atoms with Crippen LogP contribution in [-0.4, -0.2) is 16.7 Å². The fourth-order valence-corrected chi connectivity index (χ4v) is 0.937. The van der Waals surface area contributed by atoms with Crippen LogP contribution in [-0.2, 0) is 0 Å². The molecule has 1 radical (unpaired) electrons. The van der Waals surface area contributed by atoms with Crippen molar-refractivity contribution in [1.29, 1.82) is 5.26 Å². The van der Waals surface area contributed by atoms with Crippen molar-refractivity contribution >= 4 is 11.7 Å². The number of nitriles is 1. The zero-order chi connectivity index (χ0) is 10.6. The van der Waals surface area contributed by atoms with Crippen molar-refractivity contribution in [3.05, 3.63) is 36.0 Å². The highest BCUT2D eigenvalue weighted by molar-refractivity contribution is 6.11. The Morgan fingerprint density at radius 2 is 2.29 bits per heavy atom. The summed E-state index contributed by atoms with van der Waals surface area (Å²) in [5.74, 6) is -1.37. The summed E-state index contributed by atoms with van der Waals surface area (Å²) < 4.78 is 0. The Bertz CT molecular complexity index is 420. The Kier molecular flexibility index (Phi) is 2.92. The molecular weight excluding hydrogens is 182 g/mol. The maximum absolute atomic E-state index is 11.2. The van der Waals surface area contributed by atoms with Crippen molar-refractivity contribution < 1.29 is 9.59 Å². The summed E-state index contributed by atoms with van der Waals surface area (Å²) >= 11 is 0. The summed E-state index contributed by atoms with van der Waals surface area (Å²) in [5, 5.41) is 8.26. The minimum absolute atomic E-state index is 0.0431. The molecule has 1 heterocycles. The second-order valence-electron chi connectivity index (χ2n) is 2.40. The molecule has 0 aromatic carbocycles. The molecule has 0 aliphatic rings. The summed E-state index contributed by atoms with van der Waals surface area (Å²) in [7, 11) is 0. The van der Waals surface area contributed by atoms with E-state index in [9.17, 15) is 9.59 Å². The number of primary amides is 1. The topological polar surface area (TPSA) is 96.8 Å². The van der Waals surface area contributed by atoms with Crippen molar-refractivity contribution in [2.75, 3.05) is 0 Å². The van der Waals surface area contributed by atoms with Gasteiger partial charge in [-0.2, -0.15) is 5.26 Å². The molecule has 1 amide bonds. The lowest BCUT2D eigenvalue weighted by Crippen LogP contribution is -2.18. The quantitative estimate of drug-likeness (QED) is 0.679. The molecule has 5 nitrogen and oxygen atoms in total. The lowest BCUT2D eigenvalue weighted by atomic mass is 10.1. The van der Waals surface area contributed by atoms with Crippen molar-refractivity contribution in [2.24, 2.45) is 5.73 Å². The van der Waals surface area contributed by atoms with Crippen LogP contribution in [0.3, 0.4) is 0 Å². The van der Waals surface area contributed by atoms with Gasteiger partial charge in [0.2, 0.25) is 0 Å². The molecule has 5 heteroatoms. The van der Waals surface area contributed by atoms with Gasteiger partial charge in [-0.05, 0) is 12.1 Å². The summed E-state index contributed by atoms with van der Waals surface area (Å²) in [6.07, 6.45) is 2.15. The van der Waals surface area contributed by atoms with Gasteiger partial charge in [0.05, 0.1) is 11.6 Å². The van der Waals surface area contributed by atoms with Crippen molar-refractivity contribution in [2.45, 2.75) is 0 Å². The van der Waals surface area contributed by atoms with Crippen LogP contribution in [0.5, 0.6) is 0 Å². The van der Waals surface area contributed by atoms with Gasteiger partial charge < -0.3 is 5.73 Å². The Hall–Kier alpha value is -2.22. The number of pyridine rings is 1. The number of nitrogens with two attached hydrogens (primary N) is 1. The predicted molar refractivity (Wildman–Crippen MR) is 47.0 cm³/mol. The number of aromatic nitrogens is 1. The molecule has 1 rings (SSSR count). The summed E-state index contributed by atoms with van der Waals surface area (Å²) in [5.41, 5.74) is 4.92. The van der Waals surface area contributed by atoms with E-state index >= 15 is 0 Å². The number of rotatable bonds is 3. The molecule has 0 fully saturated rings. The monoisotopic (exact) mass is 188 g/mol. The predicted octanol–water partition coefficient (Wildman–Crippen LogP) is 0.0911. The van der Waals surface area contributed by atoms with E-state index in [2.05, 4.69) is 4.98 Å². The molecule has 0 bridgehead atoms. The largest absolute Gasteiger partial charge is 0.364 e. The fourth-order valence-electron chi connectivity index (χ4n) is 0.937. The zero-order valence-electron chi connectivity index (χ0n) is 7.10. The first-order valence-electron chi connectivity index (χ1n) is 3.69. The molecule has 0 saturated heterocycles. The minimum atomic E-state index is -0.791. The first kappa shape index (κ1) is 9.86. The number of hydrogen-bond acceptors (Lipinski definition) is 4. The molecular formula is C9H6N3O2. The summed E-state index contributed by atoms with van der Waals surface area (Å²) in [6, 6.07) is 4.46. The van der Waals surface area contributed by atoms with Gasteiger partial charge in [-0.1, -0.05) is 0 Å². The molecule has 0 spiro atoms. The Morgan fingerprint density at radius 1 is 1.57 bits per heavy atom. The van der Waals surface area contributed by atoms with Crippen LogP contribution >= 0.6 is 0 Å². The molecule has 0 aliphatic heterocycles. The fraction of sp³-hybridized carbons (Fsp3) is 0. The van der Waals surface area contributed by atoms with Gasteiger partial charge in [0.25, 0.3) is 5.91 Å². The van der Waals surface area contributed by atoms with E-state index in [1.807, 2.05) is 0 Å². The average Bonchev–Trinajstić information content (AvgIpc) is 2.18. The first-order valence-corrected chi connectivity index (χ1v) is 3.69. The SMILES string of the molecule is N#C[CH]C(=O)c1cccnc1C(N)=O. The van der Waals surface area contributed by atoms with Gasteiger partial charge in [-0.3, -0.25) is 14.6 Å². The second-order valence-corrected chi connectivity index (χ2v) is 2.40. The smallest absolute Gasteiger partial charge is 0.268 e. The molecule has 14 heavy (non-hydrogen) atoms. The van der Waals surface area contributed by atoms with Gasteiger partial charge >= 0.3 is 0 Å². The number of Topliss-reactive ketones (excluding diaryl/α,β-unsaturated/α-hetero) is 1. The van der Waals surface area contributed by atoms with Gasteiger partial charge in [0.15, 0.2) is 5.78 Å². The third-order valence-electron chi connectivity index (χ3n) is 1.50. The van der Waals surface area contributed by atoms with Crippen LogP contribution in [0, 0.1) is 17.8 Å². The number of hydrogen-bond donors (Lipinski definition) is 1. The van der Waals surface area contributed by atoms with Crippen LogP contribution in [0.1, 0.15) is 20.8 Å². The van der Waals surface area contributed by atoms with Crippen LogP contribution in [0.2, 0.25) is 0 Å². The van der Waals surface area contributed by atoms with Crippen molar-refractivity contribution in [3.8, 4) is 6.07 Å². The van der Waals surface area contributed by atoms with Crippen LogP contribution in [0.25, 0.3) is 0 Å². The third kappa shape index (κ3) is 1.93. The summed E-state index contributed by atoms with van der Waals surface area (Å²) in [4.78, 5) is 25.7. The Labute approximate surface area is 80.2 Å². The van der Waals surface area contributed by atoms with E-state index in [0.29, 0.717) is 0 Å². The van der Waals surface area contributed by atoms with Gasteiger partial charge in [-0.25, -0.2) is 0 Å². The Balaban J connectivity index is 3.15. The number of carbonyl (C=O) groups is 2. The lowest BCUT2D eigenvalue weighted by molar-refractivity contribution is 0.0975. The first-order chi connectivity index (χ1) is 6.66. The normalized spacial score (nSPS) is 9.07. The van der Waals surface area contributed by atoms with E-state index < -0.39 is 11.7 Å². The van der Waals surface area contributed by atoms with E-state index in [1.54, 1.807) is 6.07 Å². The molecule has 0 aliphatic carbocycles. The molecule has 0 atom stereocenters. The average molecular weight is 188 g/mol. The highest BCUT2D eigenvalue weighted by Crippen LogP contribution is 2.06. The molecule has 2 N–H and O–H groups in total. The molecule has 69 valence electrons. The minimum Gasteiger partial charge on any atom is -0.364 e. The third-order valence-corrected chi connectivity index (χ3v) is 1.50. The second kappa shape index (κ2) is 4.14. The van der Waals surface area contributed by atoms with E-state index in [-0.39, 0.29) is 11.3 Å². The number of ketones is 1. The van der Waals surface area contributed by atoms with E-state index in [4.69, 9.17) is 11.0 Å². The van der Waals surface area contributed by atoms with Gasteiger partial charge in [-0.15, -0.1) is 0 Å². The van der Waals surface area contributed by atoms with Gasteiger partial charge in [0, 0.05) is 6.20 Å². The standard InChI is InChI=1S/C9H6N3O2/c10-4-3-7(13)6-2-1-5-12-8(6)9(11)14/h1-3,5H,(H2,11,14). The molecule has 1 aromatic heterocycles. The van der Waals surface area contributed by atoms with E-state index in [0.717, 1.165) is 6.42 Å². The molecule has 0 saturated carbocycles. The highest BCUT2D eigenvalue weighted by Gasteiger charge is 2.15. The van der Waals surface area contributed by atoms with Crippen LogP contribution < -0.4 is 5.73 Å². The maximum Gasteiger partial charge on any atom is 0.268 e. The molecule has 0 unspecified atom stereocenters. The zero-order valence-corrected chi connectivity index (χ0v) is 7.10. The summed E-state index contributed by atoms with van der Waals surface area (Å²) in [6.45, 7) is 0. The molecule has 1 aromatic rings. The number of carbonyl (C=O) groups excluding carboxylic acids is 2. The lowest BCUT2D eigenvalue weighted by Gasteiger charge is -2.00. The maximum atomic E-state index is 11.2. The van der Waals surface area contributed by atoms with Crippen molar-refractivity contribution in [1.82, 2.24) is 4.98 Å². The highest BCUT2D eigenvalue weighted by atomic mass is 16.1. The van der Waals surface area contributed by atoms with Crippen LogP contribution in [0.15, 0.2) is 18.3 Å².